The minimum atomic E-state index is -0.546. The summed E-state index contributed by atoms with van der Waals surface area (Å²) in [6, 6.07) is 8.88. The van der Waals surface area contributed by atoms with Crippen LogP contribution in [0.15, 0.2) is 30.3 Å². The molecule has 0 bridgehead atoms. The number of nitriles is 1. The molecule has 0 saturated heterocycles. The van der Waals surface area contributed by atoms with Crippen molar-refractivity contribution in [3.8, 4) is 28.7 Å². The first kappa shape index (κ1) is 14.5. The largest absolute Gasteiger partial charge is 0.493 e. The topological polar surface area (TPSA) is 59.3 Å². The van der Waals surface area contributed by atoms with Gasteiger partial charge in [-0.1, -0.05) is 0 Å². The fraction of sp³-hybridized carbons (Fsp3) is 0.125. The van der Waals surface area contributed by atoms with Gasteiger partial charge in [0.15, 0.2) is 17.8 Å². The molecule has 2 aromatic carbocycles. The van der Waals surface area contributed by atoms with Crippen LogP contribution in [0.25, 0.3) is 11.1 Å². The molecule has 21 heavy (non-hydrogen) atoms. The molecule has 0 N–H and O–H groups in total. The van der Waals surface area contributed by atoms with Crippen molar-refractivity contribution < 1.29 is 18.7 Å². The van der Waals surface area contributed by atoms with E-state index in [-0.39, 0.29) is 5.56 Å². The Morgan fingerprint density at radius 1 is 1.10 bits per heavy atom. The third-order valence-corrected chi connectivity index (χ3v) is 3.02. The van der Waals surface area contributed by atoms with Gasteiger partial charge < -0.3 is 9.47 Å². The van der Waals surface area contributed by atoms with Crippen molar-refractivity contribution in [3.63, 3.8) is 0 Å². The second kappa shape index (κ2) is 6.06. The lowest BCUT2D eigenvalue weighted by Gasteiger charge is -2.12. The molecule has 4 nitrogen and oxygen atoms in total. The summed E-state index contributed by atoms with van der Waals surface area (Å²) in [5.41, 5.74) is 1.40. The lowest BCUT2D eigenvalue weighted by atomic mass is 9.98. The van der Waals surface area contributed by atoms with E-state index in [0.29, 0.717) is 34.5 Å². The van der Waals surface area contributed by atoms with E-state index in [1.54, 1.807) is 6.07 Å². The van der Waals surface area contributed by atoms with Crippen LogP contribution in [-0.2, 0) is 0 Å². The van der Waals surface area contributed by atoms with Crippen LogP contribution in [0.3, 0.4) is 0 Å². The van der Waals surface area contributed by atoms with Gasteiger partial charge in [0, 0.05) is 5.56 Å². The van der Waals surface area contributed by atoms with E-state index in [0.717, 1.165) is 6.07 Å². The first-order valence-corrected chi connectivity index (χ1v) is 6.05. The average molecular weight is 285 g/mol. The highest BCUT2D eigenvalue weighted by atomic mass is 19.1. The van der Waals surface area contributed by atoms with E-state index in [9.17, 15) is 9.18 Å². The Morgan fingerprint density at radius 2 is 1.76 bits per heavy atom. The van der Waals surface area contributed by atoms with E-state index in [2.05, 4.69) is 0 Å². The number of aldehydes is 1. The molecule has 2 aromatic rings. The maximum absolute atomic E-state index is 13.6. The third-order valence-electron chi connectivity index (χ3n) is 3.02. The number of nitrogens with zero attached hydrogens (tertiary/aromatic N) is 1. The SMILES string of the molecule is COc1cc(C=O)c(-c2cc(F)cc(C#N)c2)cc1OC. The summed E-state index contributed by atoms with van der Waals surface area (Å²) >= 11 is 0. The average Bonchev–Trinajstić information content (AvgIpc) is 2.52. The molecule has 0 heterocycles. The van der Waals surface area contributed by atoms with Crippen LogP contribution in [0.5, 0.6) is 11.5 Å². The van der Waals surface area contributed by atoms with Crippen LogP contribution in [-0.4, -0.2) is 20.5 Å². The molecule has 0 radical (unpaired) electrons. The first-order chi connectivity index (χ1) is 10.1. The third kappa shape index (κ3) is 2.84. The highest BCUT2D eigenvalue weighted by molar-refractivity contribution is 5.89. The van der Waals surface area contributed by atoms with Crippen LogP contribution < -0.4 is 9.47 Å². The maximum Gasteiger partial charge on any atom is 0.161 e. The molecule has 0 aromatic heterocycles. The molecule has 5 heteroatoms. The van der Waals surface area contributed by atoms with Crippen molar-refractivity contribution in [1.29, 1.82) is 5.26 Å². The summed E-state index contributed by atoms with van der Waals surface area (Å²) in [7, 11) is 2.93. The zero-order chi connectivity index (χ0) is 15.4. The predicted octanol–water partition coefficient (Wildman–Crippen LogP) is 3.19. The highest BCUT2D eigenvalue weighted by Gasteiger charge is 2.13. The van der Waals surface area contributed by atoms with E-state index < -0.39 is 5.82 Å². The Labute approximate surface area is 121 Å². The van der Waals surface area contributed by atoms with Crippen molar-refractivity contribution in [1.82, 2.24) is 0 Å². The van der Waals surface area contributed by atoms with Gasteiger partial charge in [0.25, 0.3) is 0 Å². The Hall–Kier alpha value is -2.87. The lowest BCUT2D eigenvalue weighted by molar-refractivity contribution is 0.112. The Bertz CT molecular complexity index is 735. The van der Waals surface area contributed by atoms with E-state index >= 15 is 0 Å². The van der Waals surface area contributed by atoms with Gasteiger partial charge >= 0.3 is 0 Å². The molecule has 0 amide bonds. The molecule has 0 saturated carbocycles. The Morgan fingerprint density at radius 3 is 2.33 bits per heavy atom. The van der Waals surface area contributed by atoms with Crippen LogP contribution in [0.2, 0.25) is 0 Å². The van der Waals surface area contributed by atoms with Gasteiger partial charge in [-0.15, -0.1) is 0 Å². The number of carbonyl (C=O) groups excluding carboxylic acids is 1. The number of hydrogen-bond acceptors (Lipinski definition) is 4. The van der Waals surface area contributed by atoms with Crippen molar-refractivity contribution in [2.24, 2.45) is 0 Å². The number of carbonyl (C=O) groups is 1. The lowest BCUT2D eigenvalue weighted by Crippen LogP contribution is -1.96. The van der Waals surface area contributed by atoms with Gasteiger partial charge in [-0.25, -0.2) is 4.39 Å². The van der Waals surface area contributed by atoms with Gasteiger partial charge in [-0.05, 0) is 41.5 Å². The number of rotatable bonds is 4. The van der Waals surface area contributed by atoms with E-state index in [1.807, 2.05) is 6.07 Å². The predicted molar refractivity (Wildman–Crippen MR) is 75.0 cm³/mol. The van der Waals surface area contributed by atoms with Gasteiger partial charge in [0.05, 0.1) is 25.9 Å². The zero-order valence-electron chi connectivity index (χ0n) is 11.5. The molecule has 0 aliphatic rings. The number of halogens is 1. The molecule has 0 atom stereocenters. The van der Waals surface area contributed by atoms with E-state index in [4.69, 9.17) is 14.7 Å². The summed E-state index contributed by atoms with van der Waals surface area (Å²) < 4.78 is 23.9. The minimum Gasteiger partial charge on any atom is -0.493 e. The number of hydrogen-bond donors (Lipinski definition) is 0. The second-order valence-corrected chi connectivity index (χ2v) is 4.25. The van der Waals surface area contributed by atoms with E-state index in [1.165, 1.54) is 32.4 Å². The highest BCUT2D eigenvalue weighted by Crippen LogP contribution is 2.35. The van der Waals surface area contributed by atoms with Gasteiger partial charge in [0.1, 0.15) is 5.82 Å². The summed E-state index contributed by atoms with van der Waals surface area (Å²) in [6.45, 7) is 0. The monoisotopic (exact) mass is 285 g/mol. The molecule has 0 unspecified atom stereocenters. The van der Waals surface area contributed by atoms with Crippen molar-refractivity contribution in [2.75, 3.05) is 14.2 Å². The summed E-state index contributed by atoms with van der Waals surface area (Å²) in [4.78, 5) is 11.3. The van der Waals surface area contributed by atoms with Crippen molar-refractivity contribution >= 4 is 6.29 Å². The fourth-order valence-electron chi connectivity index (χ4n) is 2.05. The Kier molecular flexibility index (Phi) is 4.19. The molecular formula is C16H12FNO3. The summed E-state index contributed by atoms with van der Waals surface area (Å²) in [5.74, 6) is 0.275. The molecular weight excluding hydrogens is 273 g/mol. The van der Waals surface area contributed by atoms with Crippen molar-refractivity contribution in [3.05, 3.63) is 47.3 Å². The summed E-state index contributed by atoms with van der Waals surface area (Å²) in [5, 5.41) is 8.91. The summed E-state index contributed by atoms with van der Waals surface area (Å²) in [6.07, 6.45) is 0.647. The van der Waals surface area contributed by atoms with Crippen LogP contribution in [0.4, 0.5) is 4.39 Å². The smallest absolute Gasteiger partial charge is 0.161 e. The van der Waals surface area contributed by atoms with Gasteiger partial charge in [0.2, 0.25) is 0 Å². The fourth-order valence-corrected chi connectivity index (χ4v) is 2.05. The number of methoxy groups -OCH3 is 2. The van der Waals surface area contributed by atoms with Gasteiger partial charge in [-0.2, -0.15) is 5.26 Å². The van der Waals surface area contributed by atoms with Crippen LogP contribution in [0, 0.1) is 17.1 Å². The minimum absolute atomic E-state index is 0.177. The van der Waals surface area contributed by atoms with Crippen LogP contribution >= 0.6 is 0 Å². The standard InChI is InChI=1S/C16H12FNO3/c1-20-15-6-12(9-19)14(7-16(15)21-2)11-3-10(8-18)4-13(17)5-11/h3-7,9H,1-2H3. The maximum atomic E-state index is 13.6. The first-order valence-electron chi connectivity index (χ1n) is 6.05. The number of ether oxygens (including phenoxy) is 2. The molecule has 106 valence electrons. The van der Waals surface area contributed by atoms with Crippen molar-refractivity contribution in [2.45, 2.75) is 0 Å². The zero-order valence-corrected chi connectivity index (χ0v) is 11.5. The molecule has 0 fully saturated rings. The Balaban J connectivity index is 2.71. The molecule has 2 rings (SSSR count). The molecule has 0 aliphatic heterocycles. The van der Waals surface area contributed by atoms with Crippen LogP contribution in [0.1, 0.15) is 15.9 Å². The quantitative estimate of drug-likeness (QED) is 0.809. The molecule has 0 spiro atoms. The second-order valence-electron chi connectivity index (χ2n) is 4.25. The number of benzene rings is 2. The molecule has 0 aliphatic carbocycles. The normalized spacial score (nSPS) is 9.81. The van der Waals surface area contributed by atoms with Gasteiger partial charge in [-0.3, -0.25) is 4.79 Å².